The topological polar surface area (TPSA) is 74.2 Å². The van der Waals surface area contributed by atoms with Crippen LogP contribution in [0.15, 0.2) is 4.99 Å². The van der Waals surface area contributed by atoms with Crippen molar-refractivity contribution >= 4 is 40.0 Å². The third-order valence-electron chi connectivity index (χ3n) is 4.11. The Morgan fingerprint density at radius 1 is 1.18 bits per heavy atom. The third kappa shape index (κ3) is 11.0. The van der Waals surface area contributed by atoms with Gasteiger partial charge in [-0.1, -0.05) is 0 Å². The van der Waals surface area contributed by atoms with E-state index in [0.29, 0.717) is 45.1 Å². The molecule has 1 aliphatic rings. The van der Waals surface area contributed by atoms with Crippen molar-refractivity contribution in [2.24, 2.45) is 4.99 Å². The highest BCUT2D eigenvalue weighted by Gasteiger charge is 2.28. The molecule has 1 fully saturated rings. The molecule has 1 heterocycles. The molecule has 168 valence electrons. The van der Waals surface area contributed by atoms with Crippen LogP contribution in [-0.4, -0.2) is 88.0 Å². The second-order valence-electron chi connectivity index (χ2n) is 6.67. The number of ether oxygens (including phenoxy) is 1. The highest BCUT2D eigenvalue weighted by Crippen LogP contribution is 2.21. The quantitative estimate of drug-likeness (QED) is 0.209. The minimum absolute atomic E-state index is 0. The van der Waals surface area contributed by atoms with Gasteiger partial charge >= 0.3 is 6.18 Å². The van der Waals surface area contributed by atoms with Gasteiger partial charge in [-0.15, -0.1) is 24.0 Å². The SMILES string of the molecule is CN=C(NCCCCC(F)(F)F)N1CCN(S(=O)(=O)CCOC(C)C)CC1.I. The summed E-state index contributed by atoms with van der Waals surface area (Å²) in [7, 11) is -1.76. The molecule has 0 aromatic heterocycles. The molecule has 1 N–H and O–H groups in total. The van der Waals surface area contributed by atoms with Crippen LogP contribution in [0.1, 0.15) is 33.1 Å². The van der Waals surface area contributed by atoms with Gasteiger partial charge in [0.15, 0.2) is 5.96 Å². The van der Waals surface area contributed by atoms with Gasteiger partial charge in [-0.3, -0.25) is 4.99 Å². The average Bonchev–Trinajstić information content (AvgIpc) is 2.57. The number of unbranched alkanes of at least 4 members (excludes halogenated alkanes) is 1. The predicted octanol–water partition coefficient (Wildman–Crippen LogP) is 2.28. The summed E-state index contributed by atoms with van der Waals surface area (Å²) in [6, 6.07) is 0. The molecule has 1 saturated heterocycles. The standard InChI is InChI=1S/C16H31F3N4O3S.HI/c1-14(2)26-12-13-27(24,25)23-10-8-22(9-11-23)15(20-3)21-7-5-4-6-16(17,18)19;/h14H,4-13H2,1-3H3,(H,20,21);1H. The summed E-state index contributed by atoms with van der Waals surface area (Å²) in [4.78, 5) is 6.05. The maximum atomic E-state index is 12.3. The van der Waals surface area contributed by atoms with Crippen LogP contribution in [0, 0.1) is 0 Å². The van der Waals surface area contributed by atoms with Gasteiger partial charge in [-0.2, -0.15) is 17.5 Å². The van der Waals surface area contributed by atoms with Crippen molar-refractivity contribution in [3.05, 3.63) is 0 Å². The Hall–Kier alpha value is -0.340. The number of alkyl halides is 3. The lowest BCUT2D eigenvalue weighted by Crippen LogP contribution is -2.54. The number of hydrogen-bond acceptors (Lipinski definition) is 4. The van der Waals surface area contributed by atoms with Gasteiger partial charge in [0.2, 0.25) is 10.0 Å². The maximum Gasteiger partial charge on any atom is 0.389 e. The Kier molecular flexibility index (Phi) is 12.9. The highest BCUT2D eigenvalue weighted by atomic mass is 127. The molecule has 0 aromatic rings. The van der Waals surface area contributed by atoms with E-state index in [0.717, 1.165) is 0 Å². The fourth-order valence-electron chi connectivity index (χ4n) is 2.68. The van der Waals surface area contributed by atoms with Crippen LogP contribution in [0.2, 0.25) is 0 Å². The molecule has 7 nitrogen and oxygen atoms in total. The van der Waals surface area contributed by atoms with Gasteiger partial charge in [-0.25, -0.2) is 8.42 Å². The average molecular weight is 544 g/mol. The molecule has 0 radical (unpaired) electrons. The number of aliphatic imine (C=N–C) groups is 1. The number of sulfonamides is 1. The van der Waals surface area contributed by atoms with Gasteiger partial charge in [0, 0.05) is 46.2 Å². The minimum Gasteiger partial charge on any atom is -0.378 e. The molecule has 0 spiro atoms. The van der Waals surface area contributed by atoms with E-state index in [9.17, 15) is 21.6 Å². The Morgan fingerprint density at radius 3 is 2.29 bits per heavy atom. The number of piperazine rings is 1. The Morgan fingerprint density at radius 2 is 1.79 bits per heavy atom. The molecule has 0 bridgehead atoms. The Labute approximate surface area is 183 Å². The minimum atomic E-state index is -4.12. The van der Waals surface area contributed by atoms with E-state index >= 15 is 0 Å². The van der Waals surface area contributed by atoms with Crippen LogP contribution < -0.4 is 5.32 Å². The molecule has 0 aliphatic carbocycles. The lowest BCUT2D eigenvalue weighted by atomic mass is 10.2. The summed E-state index contributed by atoms with van der Waals surface area (Å²) in [5.74, 6) is 0.541. The second-order valence-corrected chi connectivity index (χ2v) is 8.76. The van der Waals surface area contributed by atoms with Crippen molar-refractivity contribution in [2.75, 3.05) is 52.1 Å². The van der Waals surface area contributed by atoms with Crippen LogP contribution in [0.4, 0.5) is 13.2 Å². The van der Waals surface area contributed by atoms with E-state index in [-0.39, 0.29) is 48.9 Å². The first-order valence-electron chi connectivity index (χ1n) is 9.17. The monoisotopic (exact) mass is 544 g/mol. The summed E-state index contributed by atoms with van der Waals surface area (Å²) < 4.78 is 67.8. The molecule has 0 unspecified atom stereocenters. The first kappa shape index (κ1) is 27.7. The fraction of sp³-hybridized carbons (Fsp3) is 0.938. The van der Waals surface area contributed by atoms with Gasteiger partial charge in [0.25, 0.3) is 0 Å². The fourth-order valence-corrected chi connectivity index (χ4v) is 3.96. The van der Waals surface area contributed by atoms with Crippen molar-refractivity contribution in [2.45, 2.75) is 45.4 Å². The third-order valence-corrected chi connectivity index (χ3v) is 5.94. The van der Waals surface area contributed by atoms with Gasteiger partial charge in [-0.05, 0) is 26.7 Å². The number of halogens is 4. The molecule has 0 aromatic carbocycles. The highest BCUT2D eigenvalue weighted by molar-refractivity contribution is 14.0. The number of nitrogens with zero attached hydrogens (tertiary/aromatic N) is 3. The van der Waals surface area contributed by atoms with E-state index in [4.69, 9.17) is 4.74 Å². The van der Waals surface area contributed by atoms with Crippen LogP contribution in [0.3, 0.4) is 0 Å². The largest absolute Gasteiger partial charge is 0.389 e. The van der Waals surface area contributed by atoms with E-state index in [1.54, 1.807) is 7.05 Å². The van der Waals surface area contributed by atoms with Crippen molar-refractivity contribution < 1.29 is 26.3 Å². The van der Waals surface area contributed by atoms with Crippen LogP contribution in [0.25, 0.3) is 0 Å². The normalized spacial score (nSPS) is 17.0. The molecule has 28 heavy (non-hydrogen) atoms. The number of hydrogen-bond donors (Lipinski definition) is 1. The van der Waals surface area contributed by atoms with Crippen molar-refractivity contribution in [1.29, 1.82) is 0 Å². The van der Waals surface area contributed by atoms with Crippen LogP contribution in [0.5, 0.6) is 0 Å². The lowest BCUT2D eigenvalue weighted by Gasteiger charge is -2.35. The summed E-state index contributed by atoms with van der Waals surface area (Å²) in [6.07, 6.45) is -4.46. The first-order valence-corrected chi connectivity index (χ1v) is 10.8. The van der Waals surface area contributed by atoms with Crippen LogP contribution in [-0.2, 0) is 14.8 Å². The van der Waals surface area contributed by atoms with Crippen molar-refractivity contribution in [1.82, 2.24) is 14.5 Å². The van der Waals surface area contributed by atoms with Gasteiger partial charge < -0.3 is 15.0 Å². The zero-order valence-electron chi connectivity index (χ0n) is 16.7. The first-order chi connectivity index (χ1) is 12.5. The Balaban J connectivity index is 0.00000729. The van der Waals surface area contributed by atoms with E-state index < -0.39 is 22.6 Å². The van der Waals surface area contributed by atoms with Crippen LogP contribution >= 0.6 is 24.0 Å². The summed E-state index contributed by atoms with van der Waals surface area (Å²) in [5.41, 5.74) is 0. The predicted molar refractivity (Wildman–Crippen MR) is 115 cm³/mol. The van der Waals surface area contributed by atoms with E-state index in [1.165, 1.54) is 4.31 Å². The summed E-state index contributed by atoms with van der Waals surface area (Å²) in [5, 5.41) is 3.05. The number of guanidine groups is 1. The molecule has 12 heteroatoms. The maximum absolute atomic E-state index is 12.3. The second kappa shape index (κ2) is 13.1. The zero-order valence-corrected chi connectivity index (χ0v) is 19.8. The van der Waals surface area contributed by atoms with Gasteiger partial charge in [0.1, 0.15) is 0 Å². The van der Waals surface area contributed by atoms with Crippen molar-refractivity contribution in [3.63, 3.8) is 0 Å². The zero-order chi connectivity index (χ0) is 20.5. The molecule has 1 aliphatic heterocycles. The molecular formula is C16H32F3IN4O3S. The molecular weight excluding hydrogens is 512 g/mol. The van der Waals surface area contributed by atoms with E-state index in [1.807, 2.05) is 18.7 Å². The Bertz CT molecular complexity index is 566. The molecule has 0 amide bonds. The summed E-state index contributed by atoms with van der Waals surface area (Å²) in [6.45, 7) is 5.92. The number of rotatable bonds is 9. The molecule has 0 saturated carbocycles. The summed E-state index contributed by atoms with van der Waals surface area (Å²) >= 11 is 0. The van der Waals surface area contributed by atoms with Crippen molar-refractivity contribution in [3.8, 4) is 0 Å². The number of nitrogens with one attached hydrogen (secondary N) is 1. The molecule has 1 rings (SSSR count). The van der Waals surface area contributed by atoms with Gasteiger partial charge in [0.05, 0.1) is 18.5 Å². The molecule has 0 atom stereocenters. The lowest BCUT2D eigenvalue weighted by molar-refractivity contribution is -0.135. The van der Waals surface area contributed by atoms with E-state index in [2.05, 4.69) is 10.3 Å². The smallest absolute Gasteiger partial charge is 0.378 e.